The van der Waals surface area contributed by atoms with Crippen molar-refractivity contribution in [1.29, 1.82) is 0 Å². The second kappa shape index (κ2) is 6.19. The third-order valence-corrected chi connectivity index (χ3v) is 4.87. The van der Waals surface area contributed by atoms with E-state index in [-0.39, 0.29) is 0 Å². The van der Waals surface area contributed by atoms with Crippen molar-refractivity contribution in [1.82, 2.24) is 0 Å². The highest BCUT2D eigenvalue weighted by Crippen LogP contribution is 2.31. The molecule has 0 aliphatic heterocycles. The maximum atomic E-state index is 9.71. The average Bonchev–Trinajstić information content (AvgIpc) is 2.72. The topological polar surface area (TPSA) is 29.5 Å². The summed E-state index contributed by atoms with van der Waals surface area (Å²) in [6.07, 6.45) is -0.542. The maximum Gasteiger partial charge on any atom is 0.126 e. The molecule has 0 aliphatic rings. The molecule has 0 aliphatic carbocycles. The van der Waals surface area contributed by atoms with E-state index in [4.69, 9.17) is 4.74 Å². The minimum absolute atomic E-state index is 0.494. The summed E-state index contributed by atoms with van der Waals surface area (Å²) in [5, 5.41) is 11.7. The summed E-state index contributed by atoms with van der Waals surface area (Å²) in [4.78, 5) is 1.13. The molecule has 0 fully saturated rings. The molecule has 1 heterocycles. The van der Waals surface area contributed by atoms with Gasteiger partial charge >= 0.3 is 0 Å². The lowest BCUT2D eigenvalue weighted by Crippen LogP contribution is -2.00. The predicted molar refractivity (Wildman–Crippen MR) is 81.1 cm³/mol. The fraction of sp³-hybridized carbons (Fsp3) is 0.231. The van der Waals surface area contributed by atoms with Crippen LogP contribution in [0.1, 0.15) is 23.5 Å². The molecule has 2 rings (SSSR count). The Bertz CT molecular complexity index is 538. The Hall–Kier alpha value is -0.360. The predicted octanol–water partition coefficient (Wildman–Crippen LogP) is 4.91. The van der Waals surface area contributed by atoms with Gasteiger partial charge < -0.3 is 9.84 Å². The van der Waals surface area contributed by atoms with E-state index in [1.807, 2.05) is 29.6 Å². The molecule has 0 bridgehead atoms. The monoisotopic (exact) mass is 390 g/mol. The molecular weight excluding hydrogens is 380 g/mol. The van der Waals surface area contributed by atoms with Gasteiger partial charge in [-0.3, -0.25) is 0 Å². The summed E-state index contributed by atoms with van der Waals surface area (Å²) in [5.41, 5.74) is 0.797. The average molecular weight is 392 g/mol. The van der Waals surface area contributed by atoms with Crippen LogP contribution in [0.5, 0.6) is 5.75 Å². The van der Waals surface area contributed by atoms with Gasteiger partial charge in [0, 0.05) is 14.5 Å². The van der Waals surface area contributed by atoms with Gasteiger partial charge in [-0.2, -0.15) is 0 Å². The van der Waals surface area contributed by atoms with Crippen molar-refractivity contribution in [2.45, 2.75) is 19.6 Å². The highest BCUT2D eigenvalue weighted by Gasteiger charge is 2.11. The Morgan fingerprint density at radius 3 is 2.72 bits per heavy atom. The Morgan fingerprint density at radius 1 is 1.33 bits per heavy atom. The van der Waals surface area contributed by atoms with Gasteiger partial charge in [-0.15, -0.1) is 11.3 Å². The van der Waals surface area contributed by atoms with Crippen LogP contribution in [0.4, 0.5) is 0 Å². The molecule has 2 aromatic rings. The van der Waals surface area contributed by atoms with Crippen molar-refractivity contribution in [2.24, 2.45) is 0 Å². The minimum atomic E-state index is -0.542. The summed E-state index contributed by atoms with van der Waals surface area (Å²) in [7, 11) is 0. The second-order valence-electron chi connectivity index (χ2n) is 3.84. The van der Waals surface area contributed by atoms with Gasteiger partial charge in [0.15, 0.2) is 0 Å². The smallest absolute Gasteiger partial charge is 0.126 e. The summed E-state index contributed by atoms with van der Waals surface area (Å²) in [5.74, 6) is 0.708. The lowest BCUT2D eigenvalue weighted by atomic mass is 10.1. The SMILES string of the molecule is C[C@@H](O)c1ccc(Br)cc1OCc1sccc1Br. The summed E-state index contributed by atoms with van der Waals surface area (Å²) < 4.78 is 7.79. The van der Waals surface area contributed by atoms with E-state index in [0.29, 0.717) is 12.4 Å². The molecule has 0 radical (unpaired) electrons. The number of rotatable bonds is 4. The van der Waals surface area contributed by atoms with E-state index in [1.54, 1.807) is 18.3 Å². The molecule has 0 unspecified atom stereocenters. The van der Waals surface area contributed by atoms with Gasteiger partial charge in [0.2, 0.25) is 0 Å². The number of hydrogen-bond donors (Lipinski definition) is 1. The molecule has 1 aromatic carbocycles. The number of benzene rings is 1. The van der Waals surface area contributed by atoms with Crippen molar-refractivity contribution in [3.8, 4) is 5.75 Å². The van der Waals surface area contributed by atoms with Crippen LogP contribution >= 0.6 is 43.2 Å². The number of ether oxygens (including phenoxy) is 1. The van der Waals surface area contributed by atoms with Gasteiger partial charge in [-0.05, 0) is 46.4 Å². The standard InChI is InChI=1S/C13H12Br2O2S/c1-8(16)10-3-2-9(14)6-12(10)17-7-13-11(15)4-5-18-13/h2-6,8,16H,7H2,1H3/t8-/m1/s1. The zero-order valence-corrected chi connectivity index (χ0v) is 13.7. The van der Waals surface area contributed by atoms with Gasteiger partial charge in [-0.25, -0.2) is 0 Å². The largest absolute Gasteiger partial charge is 0.488 e. The number of halogens is 2. The molecule has 0 saturated heterocycles. The molecule has 5 heteroatoms. The summed E-state index contributed by atoms with van der Waals surface area (Å²) in [6, 6.07) is 7.65. The quantitative estimate of drug-likeness (QED) is 0.802. The van der Waals surface area contributed by atoms with E-state index in [2.05, 4.69) is 31.9 Å². The first-order chi connectivity index (χ1) is 8.58. The van der Waals surface area contributed by atoms with Gasteiger partial charge in [0.25, 0.3) is 0 Å². The second-order valence-corrected chi connectivity index (χ2v) is 6.61. The maximum absolute atomic E-state index is 9.71. The minimum Gasteiger partial charge on any atom is -0.488 e. The zero-order valence-electron chi connectivity index (χ0n) is 9.69. The first kappa shape index (κ1) is 14.1. The molecule has 1 N–H and O–H groups in total. The number of aliphatic hydroxyl groups excluding tert-OH is 1. The zero-order chi connectivity index (χ0) is 13.1. The van der Waals surface area contributed by atoms with Crippen LogP contribution in [0.25, 0.3) is 0 Å². The molecule has 18 heavy (non-hydrogen) atoms. The Morgan fingerprint density at radius 2 is 2.11 bits per heavy atom. The number of thiophene rings is 1. The normalized spacial score (nSPS) is 12.4. The van der Waals surface area contributed by atoms with E-state index in [1.165, 1.54) is 0 Å². The van der Waals surface area contributed by atoms with Crippen LogP contribution in [-0.2, 0) is 6.61 Å². The van der Waals surface area contributed by atoms with Crippen LogP contribution in [0, 0.1) is 0 Å². The molecule has 2 nitrogen and oxygen atoms in total. The number of hydrogen-bond acceptors (Lipinski definition) is 3. The van der Waals surface area contributed by atoms with Crippen LogP contribution in [0.2, 0.25) is 0 Å². The molecule has 0 saturated carbocycles. The lowest BCUT2D eigenvalue weighted by molar-refractivity contribution is 0.190. The Balaban J connectivity index is 2.18. The molecule has 1 aromatic heterocycles. The van der Waals surface area contributed by atoms with E-state index in [0.717, 1.165) is 19.4 Å². The van der Waals surface area contributed by atoms with E-state index >= 15 is 0 Å². The Kier molecular flexibility index (Phi) is 4.84. The third kappa shape index (κ3) is 3.35. The van der Waals surface area contributed by atoms with Crippen molar-refractivity contribution >= 4 is 43.2 Å². The third-order valence-electron chi connectivity index (χ3n) is 2.48. The highest BCUT2D eigenvalue weighted by molar-refractivity contribution is 9.10. The van der Waals surface area contributed by atoms with Crippen LogP contribution in [0.15, 0.2) is 38.6 Å². The van der Waals surface area contributed by atoms with Crippen molar-refractivity contribution < 1.29 is 9.84 Å². The summed E-state index contributed by atoms with van der Waals surface area (Å²) in [6.45, 7) is 2.23. The van der Waals surface area contributed by atoms with Gasteiger partial charge in [0.1, 0.15) is 12.4 Å². The number of aliphatic hydroxyl groups is 1. The summed E-state index contributed by atoms with van der Waals surface area (Å²) >= 11 is 8.53. The van der Waals surface area contributed by atoms with E-state index in [9.17, 15) is 5.11 Å². The van der Waals surface area contributed by atoms with E-state index < -0.39 is 6.10 Å². The van der Waals surface area contributed by atoms with Gasteiger partial charge in [0.05, 0.1) is 11.0 Å². The lowest BCUT2D eigenvalue weighted by Gasteiger charge is -2.13. The van der Waals surface area contributed by atoms with Crippen molar-refractivity contribution in [3.05, 3.63) is 49.0 Å². The first-order valence-corrected chi connectivity index (χ1v) is 7.86. The highest BCUT2D eigenvalue weighted by atomic mass is 79.9. The van der Waals surface area contributed by atoms with Crippen LogP contribution in [0.3, 0.4) is 0 Å². The Labute approximate surface area is 127 Å². The molecular formula is C13H12Br2O2S. The fourth-order valence-corrected chi connectivity index (χ4v) is 3.27. The molecule has 0 spiro atoms. The fourth-order valence-electron chi connectivity index (χ4n) is 1.55. The van der Waals surface area contributed by atoms with Crippen LogP contribution in [-0.4, -0.2) is 5.11 Å². The molecule has 96 valence electrons. The first-order valence-electron chi connectivity index (χ1n) is 5.40. The molecule has 0 amide bonds. The van der Waals surface area contributed by atoms with Crippen LogP contribution < -0.4 is 4.74 Å². The van der Waals surface area contributed by atoms with Crippen molar-refractivity contribution in [2.75, 3.05) is 0 Å². The van der Waals surface area contributed by atoms with Gasteiger partial charge in [-0.1, -0.05) is 22.0 Å². The van der Waals surface area contributed by atoms with Crippen molar-refractivity contribution in [3.63, 3.8) is 0 Å². The molecule has 1 atom stereocenters.